The monoisotopic (exact) mass is 238 g/mol. The van der Waals surface area contributed by atoms with Gasteiger partial charge in [0.2, 0.25) is 0 Å². The largest absolute Gasteiger partial charge is 0.334 e. The third-order valence-corrected chi connectivity index (χ3v) is 3.19. The van der Waals surface area contributed by atoms with Crippen molar-refractivity contribution >= 4 is 15.8 Å². The quantitative estimate of drug-likeness (QED) is 0.832. The third-order valence-electron chi connectivity index (χ3n) is 1.91. The molecule has 2 aromatic rings. The standard InChI is InChI=1S/C9H10N4O2S/c1-7-2-3-8(11-4-7)13-16(14,15)9-5-10-6-12-9/h2-6H,1H3,(H,10,12)(H,11,13). The number of imidazole rings is 1. The molecule has 0 bridgehead atoms. The smallest absolute Gasteiger partial charge is 0.280 e. The molecule has 0 spiro atoms. The second kappa shape index (κ2) is 3.93. The van der Waals surface area contributed by atoms with Crippen LogP contribution in [0.1, 0.15) is 5.56 Å². The van der Waals surface area contributed by atoms with Gasteiger partial charge in [-0.25, -0.2) is 9.97 Å². The van der Waals surface area contributed by atoms with E-state index in [1.807, 2.05) is 6.92 Å². The molecule has 84 valence electrons. The SMILES string of the molecule is Cc1ccc(NS(=O)(=O)c2cnc[nH]2)nc1. The summed E-state index contributed by atoms with van der Waals surface area (Å²) in [5.74, 6) is 0.278. The lowest BCUT2D eigenvalue weighted by atomic mass is 10.3. The van der Waals surface area contributed by atoms with Crippen LogP contribution in [-0.4, -0.2) is 23.4 Å². The molecule has 7 heteroatoms. The number of sulfonamides is 1. The lowest BCUT2D eigenvalue weighted by Crippen LogP contribution is -2.14. The van der Waals surface area contributed by atoms with Crippen molar-refractivity contribution in [3.05, 3.63) is 36.4 Å². The van der Waals surface area contributed by atoms with Crippen molar-refractivity contribution < 1.29 is 8.42 Å². The van der Waals surface area contributed by atoms with Gasteiger partial charge in [0.15, 0.2) is 5.03 Å². The van der Waals surface area contributed by atoms with Crippen LogP contribution in [0.2, 0.25) is 0 Å². The first-order valence-electron chi connectivity index (χ1n) is 4.52. The highest BCUT2D eigenvalue weighted by molar-refractivity contribution is 7.92. The molecule has 0 amide bonds. The maximum Gasteiger partial charge on any atom is 0.280 e. The van der Waals surface area contributed by atoms with Gasteiger partial charge >= 0.3 is 0 Å². The van der Waals surface area contributed by atoms with Crippen molar-refractivity contribution in [1.82, 2.24) is 15.0 Å². The number of anilines is 1. The van der Waals surface area contributed by atoms with Crippen molar-refractivity contribution in [1.29, 1.82) is 0 Å². The highest BCUT2D eigenvalue weighted by Gasteiger charge is 2.15. The highest BCUT2D eigenvalue weighted by atomic mass is 32.2. The molecule has 0 aromatic carbocycles. The molecule has 0 fully saturated rings. The Morgan fingerprint density at radius 1 is 1.31 bits per heavy atom. The Balaban J connectivity index is 2.25. The molecular formula is C9H10N4O2S. The van der Waals surface area contributed by atoms with Gasteiger partial charge in [0, 0.05) is 6.20 Å². The number of hydrogen-bond donors (Lipinski definition) is 2. The van der Waals surface area contributed by atoms with Crippen LogP contribution in [0.25, 0.3) is 0 Å². The van der Waals surface area contributed by atoms with Crippen LogP contribution in [0.5, 0.6) is 0 Å². The van der Waals surface area contributed by atoms with Crippen molar-refractivity contribution in [2.75, 3.05) is 4.72 Å². The molecule has 2 rings (SSSR count). The van der Waals surface area contributed by atoms with Crippen LogP contribution in [0, 0.1) is 6.92 Å². The number of rotatable bonds is 3. The molecule has 0 aliphatic carbocycles. The van der Waals surface area contributed by atoms with Crippen LogP contribution in [0.15, 0.2) is 35.9 Å². The van der Waals surface area contributed by atoms with E-state index in [1.54, 1.807) is 18.3 Å². The molecular weight excluding hydrogens is 228 g/mol. The summed E-state index contributed by atoms with van der Waals surface area (Å²) in [5.41, 5.74) is 0.962. The van der Waals surface area contributed by atoms with Gasteiger partial charge < -0.3 is 4.98 Å². The summed E-state index contributed by atoms with van der Waals surface area (Å²) in [6.07, 6.45) is 4.12. The van der Waals surface area contributed by atoms with Crippen molar-refractivity contribution in [2.45, 2.75) is 11.9 Å². The molecule has 0 saturated heterocycles. The van der Waals surface area contributed by atoms with Gasteiger partial charge in [-0.3, -0.25) is 4.72 Å². The van der Waals surface area contributed by atoms with Crippen molar-refractivity contribution in [3.63, 3.8) is 0 Å². The lowest BCUT2D eigenvalue weighted by Gasteiger charge is -2.04. The van der Waals surface area contributed by atoms with Crippen LogP contribution in [0.3, 0.4) is 0 Å². The fourth-order valence-corrected chi connectivity index (χ4v) is 2.02. The van der Waals surface area contributed by atoms with E-state index in [2.05, 4.69) is 19.7 Å². The Bertz CT molecular complexity index is 560. The Hall–Kier alpha value is -1.89. The number of H-pyrrole nitrogens is 1. The Labute approximate surface area is 92.8 Å². The summed E-state index contributed by atoms with van der Waals surface area (Å²) in [6, 6.07) is 3.38. The summed E-state index contributed by atoms with van der Waals surface area (Å²) >= 11 is 0. The van der Waals surface area contributed by atoms with E-state index in [1.165, 1.54) is 12.5 Å². The van der Waals surface area contributed by atoms with E-state index < -0.39 is 10.0 Å². The molecule has 0 saturated carbocycles. The third kappa shape index (κ3) is 2.19. The van der Waals surface area contributed by atoms with Gasteiger partial charge in [0.25, 0.3) is 10.0 Å². The lowest BCUT2D eigenvalue weighted by molar-refractivity contribution is 0.598. The maximum atomic E-state index is 11.7. The average Bonchev–Trinajstić information content (AvgIpc) is 2.75. The molecule has 2 aromatic heterocycles. The van der Waals surface area contributed by atoms with Gasteiger partial charge in [-0.1, -0.05) is 6.07 Å². The fourth-order valence-electron chi connectivity index (χ4n) is 1.11. The number of hydrogen-bond acceptors (Lipinski definition) is 4. The fraction of sp³-hybridized carbons (Fsp3) is 0.111. The number of aromatic nitrogens is 3. The topological polar surface area (TPSA) is 87.7 Å². The highest BCUT2D eigenvalue weighted by Crippen LogP contribution is 2.11. The van der Waals surface area contributed by atoms with E-state index in [0.29, 0.717) is 0 Å². The van der Waals surface area contributed by atoms with Crippen LogP contribution in [0.4, 0.5) is 5.82 Å². The van der Waals surface area contributed by atoms with Crippen LogP contribution < -0.4 is 4.72 Å². The zero-order chi connectivity index (χ0) is 11.6. The molecule has 6 nitrogen and oxygen atoms in total. The second-order valence-electron chi connectivity index (χ2n) is 3.24. The molecule has 0 atom stereocenters. The molecule has 0 aliphatic heterocycles. The maximum absolute atomic E-state index is 11.7. The van der Waals surface area contributed by atoms with E-state index in [9.17, 15) is 8.42 Å². The number of aryl methyl sites for hydroxylation is 1. The van der Waals surface area contributed by atoms with E-state index in [0.717, 1.165) is 5.56 Å². The van der Waals surface area contributed by atoms with Gasteiger partial charge in [-0.05, 0) is 18.6 Å². The van der Waals surface area contributed by atoms with Gasteiger partial charge in [0.1, 0.15) is 5.82 Å². The van der Waals surface area contributed by atoms with Gasteiger partial charge in [-0.15, -0.1) is 0 Å². The molecule has 2 N–H and O–H groups in total. The second-order valence-corrected chi connectivity index (χ2v) is 4.89. The normalized spacial score (nSPS) is 11.3. The Morgan fingerprint density at radius 2 is 2.12 bits per heavy atom. The minimum Gasteiger partial charge on any atom is -0.334 e. The molecule has 16 heavy (non-hydrogen) atoms. The molecule has 0 radical (unpaired) electrons. The van der Waals surface area contributed by atoms with Crippen molar-refractivity contribution in [3.8, 4) is 0 Å². The predicted molar refractivity (Wildman–Crippen MR) is 58.4 cm³/mol. The van der Waals surface area contributed by atoms with Crippen LogP contribution >= 0.6 is 0 Å². The number of aromatic amines is 1. The first kappa shape index (κ1) is 10.6. The number of nitrogens with one attached hydrogen (secondary N) is 2. The molecule has 2 heterocycles. The first-order valence-corrected chi connectivity index (χ1v) is 6.00. The van der Waals surface area contributed by atoms with E-state index >= 15 is 0 Å². The minimum absolute atomic E-state index is 0.00914. The first-order chi connectivity index (χ1) is 7.58. The predicted octanol–water partition coefficient (Wildman–Crippen LogP) is 0.914. The molecule has 0 unspecified atom stereocenters. The van der Waals surface area contributed by atoms with E-state index in [-0.39, 0.29) is 10.8 Å². The summed E-state index contributed by atoms with van der Waals surface area (Å²) in [6.45, 7) is 1.88. The number of nitrogens with zero attached hydrogens (tertiary/aromatic N) is 2. The van der Waals surface area contributed by atoms with Crippen molar-refractivity contribution in [2.24, 2.45) is 0 Å². The Kier molecular flexibility index (Phi) is 2.61. The summed E-state index contributed by atoms with van der Waals surface area (Å²) < 4.78 is 25.8. The number of pyridine rings is 1. The average molecular weight is 238 g/mol. The summed E-state index contributed by atoms with van der Waals surface area (Å²) in [5, 5.41) is 0.00914. The zero-order valence-corrected chi connectivity index (χ0v) is 9.32. The summed E-state index contributed by atoms with van der Waals surface area (Å²) in [4.78, 5) is 10.1. The summed E-state index contributed by atoms with van der Waals surface area (Å²) in [7, 11) is -3.61. The van der Waals surface area contributed by atoms with Gasteiger partial charge in [0.05, 0.1) is 12.5 Å². The van der Waals surface area contributed by atoms with Gasteiger partial charge in [-0.2, -0.15) is 8.42 Å². The Morgan fingerprint density at radius 3 is 2.69 bits per heavy atom. The molecule has 0 aliphatic rings. The zero-order valence-electron chi connectivity index (χ0n) is 8.51. The van der Waals surface area contributed by atoms with Crippen LogP contribution in [-0.2, 0) is 10.0 Å². The van der Waals surface area contributed by atoms with E-state index in [4.69, 9.17) is 0 Å². The minimum atomic E-state index is -3.61.